The lowest BCUT2D eigenvalue weighted by atomic mass is 10.6. The maximum atomic E-state index is 13.4. The highest BCUT2D eigenvalue weighted by molar-refractivity contribution is 6.53. The van der Waals surface area contributed by atoms with Crippen molar-refractivity contribution in [3.63, 3.8) is 0 Å². The van der Waals surface area contributed by atoms with Crippen LogP contribution in [0.3, 0.4) is 0 Å². The highest BCUT2D eigenvalue weighted by Crippen LogP contribution is 2.47. The van der Waals surface area contributed by atoms with E-state index in [1.54, 1.807) is 13.3 Å². The van der Waals surface area contributed by atoms with Crippen molar-refractivity contribution < 1.29 is 83.2 Å². The number of hydrogen-bond acceptors (Lipinski definition) is 3. The molecule has 0 unspecified atom stereocenters. The topological polar surface area (TPSA) is 27.7 Å². The third-order valence-electron chi connectivity index (χ3n) is 1.74. The number of rotatable bonds is 6. The van der Waals surface area contributed by atoms with Crippen LogP contribution in [0.5, 0.6) is 0 Å². The van der Waals surface area contributed by atoms with Crippen molar-refractivity contribution in [1.29, 1.82) is 0 Å². The van der Waals surface area contributed by atoms with Gasteiger partial charge in [0.2, 0.25) is 0 Å². The van der Waals surface area contributed by atoms with Crippen molar-refractivity contribution in [2.75, 3.05) is 0 Å². The van der Waals surface area contributed by atoms with Crippen LogP contribution in [0.2, 0.25) is 0 Å². The SMILES string of the molecule is FC(F)(F)C(F)(F)O[Si](F)(OC(F)(F)C(F)(F)F)OC(F)(F)C(F)(F)F. The third kappa shape index (κ3) is 5.74. The summed E-state index contributed by atoms with van der Waals surface area (Å²) in [5.41, 5.74) is 0. The van der Waals surface area contributed by atoms with E-state index in [2.05, 4.69) is 0 Å². The van der Waals surface area contributed by atoms with Gasteiger partial charge in [0.15, 0.2) is 0 Å². The summed E-state index contributed by atoms with van der Waals surface area (Å²) >= 11 is 0. The first kappa shape index (κ1) is 25.0. The fraction of sp³-hybridized carbons (Fsp3) is 1.00. The zero-order valence-corrected chi connectivity index (χ0v) is 11.8. The Morgan fingerprint density at radius 2 is 0.538 bits per heavy atom. The fourth-order valence-corrected chi connectivity index (χ4v) is 2.09. The molecular formula is C6F16O3Si. The molecule has 0 heterocycles. The van der Waals surface area contributed by atoms with Gasteiger partial charge >= 0.3 is 46.0 Å². The third-order valence-corrected chi connectivity index (χ3v) is 3.24. The predicted molar refractivity (Wildman–Crippen MR) is 43.1 cm³/mol. The Hall–Kier alpha value is -1.02. The second kappa shape index (κ2) is 6.55. The summed E-state index contributed by atoms with van der Waals surface area (Å²) in [6, 6.07) is 0. The molecule has 0 fully saturated rings. The lowest BCUT2D eigenvalue weighted by Crippen LogP contribution is -2.61. The van der Waals surface area contributed by atoms with Crippen LogP contribution in [-0.4, -0.2) is 46.0 Å². The van der Waals surface area contributed by atoms with E-state index < -0.39 is 46.0 Å². The molecule has 20 heteroatoms. The van der Waals surface area contributed by atoms with E-state index in [0.29, 0.717) is 0 Å². The molecule has 26 heavy (non-hydrogen) atoms. The molecule has 0 aromatic carbocycles. The van der Waals surface area contributed by atoms with Gasteiger partial charge in [-0.1, -0.05) is 0 Å². The van der Waals surface area contributed by atoms with Gasteiger partial charge in [-0.05, 0) is 0 Å². The van der Waals surface area contributed by atoms with Crippen molar-refractivity contribution in [2.45, 2.75) is 36.9 Å². The molecule has 0 rings (SSSR count). The molecule has 0 aliphatic rings. The maximum Gasteiger partial charge on any atom is 0.734 e. The lowest BCUT2D eigenvalue weighted by Gasteiger charge is -2.32. The number of alkyl halides is 15. The van der Waals surface area contributed by atoms with Crippen molar-refractivity contribution in [3.05, 3.63) is 0 Å². The zero-order chi connectivity index (χ0) is 21.6. The monoisotopic (exact) mass is 452 g/mol. The molecule has 0 saturated carbocycles. The largest absolute Gasteiger partial charge is 0.734 e. The molecule has 0 saturated heterocycles. The van der Waals surface area contributed by atoms with Gasteiger partial charge < -0.3 is 0 Å². The summed E-state index contributed by atoms with van der Waals surface area (Å²) in [5, 5.41) is 0. The van der Waals surface area contributed by atoms with Gasteiger partial charge in [-0.15, -0.1) is 0 Å². The fourth-order valence-electron chi connectivity index (χ4n) is 0.695. The second-order valence-corrected chi connectivity index (χ2v) is 5.41. The van der Waals surface area contributed by atoms with E-state index in [1.165, 1.54) is 0 Å². The summed E-state index contributed by atoms with van der Waals surface area (Å²) < 4.78 is 199. The minimum absolute atomic E-state index is 1.66. The van der Waals surface area contributed by atoms with E-state index in [-0.39, 0.29) is 0 Å². The summed E-state index contributed by atoms with van der Waals surface area (Å²) in [7, 11) is -8.90. The first-order valence-corrected chi connectivity index (χ1v) is 6.60. The number of hydrogen-bond donors (Lipinski definition) is 0. The van der Waals surface area contributed by atoms with Crippen molar-refractivity contribution in [3.8, 4) is 0 Å². The van der Waals surface area contributed by atoms with E-state index in [0.717, 1.165) is 0 Å². The van der Waals surface area contributed by atoms with E-state index >= 15 is 0 Å². The van der Waals surface area contributed by atoms with Crippen LogP contribution in [0.15, 0.2) is 0 Å². The highest BCUT2D eigenvalue weighted by atomic mass is 28.4. The van der Waals surface area contributed by atoms with E-state index in [4.69, 9.17) is 0 Å². The lowest BCUT2D eigenvalue weighted by molar-refractivity contribution is -0.427. The Kier molecular flexibility index (Phi) is 6.29. The minimum Gasteiger partial charge on any atom is -0.280 e. The molecule has 0 aromatic heterocycles. The Bertz CT molecular complexity index is 420. The minimum atomic E-state index is -8.90. The molecule has 0 aliphatic heterocycles. The van der Waals surface area contributed by atoms with Gasteiger partial charge in [-0.2, -0.15) is 65.9 Å². The average molecular weight is 452 g/mol. The Morgan fingerprint density at radius 1 is 0.385 bits per heavy atom. The molecule has 0 spiro atoms. The van der Waals surface area contributed by atoms with Crippen LogP contribution in [0, 0.1) is 0 Å². The first-order valence-electron chi connectivity index (χ1n) is 5.00. The predicted octanol–water partition coefficient (Wildman–Crippen LogP) is 4.91. The van der Waals surface area contributed by atoms with Gasteiger partial charge in [-0.25, -0.2) is 4.11 Å². The molecule has 0 amide bonds. The van der Waals surface area contributed by atoms with Gasteiger partial charge in [0.05, 0.1) is 0 Å². The Morgan fingerprint density at radius 3 is 0.654 bits per heavy atom. The molecule has 0 N–H and O–H groups in total. The van der Waals surface area contributed by atoms with Crippen LogP contribution in [-0.2, 0) is 13.3 Å². The molecule has 0 atom stereocenters. The van der Waals surface area contributed by atoms with E-state index in [1.807, 2.05) is 0 Å². The average Bonchev–Trinajstić information content (AvgIpc) is 2.19. The van der Waals surface area contributed by atoms with Crippen molar-refractivity contribution >= 4 is 9.14 Å². The highest BCUT2D eigenvalue weighted by Gasteiger charge is 2.76. The molecule has 3 nitrogen and oxygen atoms in total. The Labute approximate surface area is 130 Å². The van der Waals surface area contributed by atoms with Gasteiger partial charge in [-0.3, -0.25) is 13.3 Å². The normalized spacial score (nSPS) is 16.2. The smallest absolute Gasteiger partial charge is 0.280 e. The Balaban J connectivity index is 6.05. The molecule has 0 bridgehead atoms. The van der Waals surface area contributed by atoms with Crippen LogP contribution in [0.1, 0.15) is 0 Å². The molecule has 0 aliphatic carbocycles. The van der Waals surface area contributed by atoms with Gasteiger partial charge in [0, 0.05) is 0 Å². The second-order valence-electron chi connectivity index (χ2n) is 3.83. The zero-order valence-electron chi connectivity index (χ0n) is 10.8. The molecular weight excluding hydrogens is 452 g/mol. The van der Waals surface area contributed by atoms with Crippen molar-refractivity contribution in [1.82, 2.24) is 0 Å². The van der Waals surface area contributed by atoms with Gasteiger partial charge in [0.1, 0.15) is 0 Å². The van der Waals surface area contributed by atoms with Crippen molar-refractivity contribution in [2.24, 2.45) is 0 Å². The van der Waals surface area contributed by atoms with Crippen LogP contribution in [0.4, 0.5) is 70.0 Å². The molecule has 0 aromatic rings. The summed E-state index contributed by atoms with van der Waals surface area (Å²) in [6.45, 7) is 0. The maximum absolute atomic E-state index is 13.4. The summed E-state index contributed by atoms with van der Waals surface area (Å²) in [4.78, 5) is 0. The standard InChI is InChI=1S/C6F16O3Si/c7-1(8,9)4(16,17)23-26(22,24-5(18,19)2(10,11)12)25-6(20,21)3(13,14)15. The van der Waals surface area contributed by atoms with Crippen LogP contribution >= 0.6 is 0 Å². The van der Waals surface area contributed by atoms with Crippen LogP contribution < -0.4 is 0 Å². The molecule has 0 radical (unpaired) electrons. The summed E-state index contributed by atoms with van der Waals surface area (Å²) in [6.07, 6.45) is -43.0. The quantitative estimate of drug-likeness (QED) is 0.326. The summed E-state index contributed by atoms with van der Waals surface area (Å²) in [5.74, 6) is 0. The van der Waals surface area contributed by atoms with Gasteiger partial charge in [0.25, 0.3) is 0 Å². The van der Waals surface area contributed by atoms with Crippen LogP contribution in [0.25, 0.3) is 0 Å². The first-order chi connectivity index (χ1) is 10.9. The molecule has 158 valence electrons. The van der Waals surface area contributed by atoms with E-state index in [9.17, 15) is 70.0 Å². The number of halogens is 16.